The summed E-state index contributed by atoms with van der Waals surface area (Å²) >= 11 is 5.76. The van der Waals surface area contributed by atoms with E-state index in [0.717, 1.165) is 12.3 Å². The van der Waals surface area contributed by atoms with Crippen molar-refractivity contribution in [3.63, 3.8) is 0 Å². The van der Waals surface area contributed by atoms with E-state index in [2.05, 4.69) is 4.98 Å². The maximum absolute atomic E-state index is 13.3. The summed E-state index contributed by atoms with van der Waals surface area (Å²) < 4.78 is 14.7. The number of pyridine rings is 2. The van der Waals surface area contributed by atoms with Crippen LogP contribution in [0.25, 0.3) is 16.7 Å². The van der Waals surface area contributed by atoms with Crippen molar-refractivity contribution in [1.29, 1.82) is 0 Å². The summed E-state index contributed by atoms with van der Waals surface area (Å²) in [7, 11) is 0. The smallest absolute Gasteiger partial charge is 0.341 e. The van der Waals surface area contributed by atoms with Gasteiger partial charge in [-0.05, 0) is 30.3 Å². The van der Waals surface area contributed by atoms with Crippen LogP contribution in [-0.2, 0) is 0 Å². The number of hydrogen-bond donors (Lipinski definition) is 1. The van der Waals surface area contributed by atoms with E-state index in [1.54, 1.807) is 0 Å². The second kappa shape index (κ2) is 5.23. The summed E-state index contributed by atoms with van der Waals surface area (Å²) in [6, 6.07) is 6.94. The third kappa shape index (κ3) is 2.23. The van der Waals surface area contributed by atoms with E-state index < -0.39 is 22.8 Å². The minimum Gasteiger partial charge on any atom is -0.477 e. The van der Waals surface area contributed by atoms with Gasteiger partial charge in [0.05, 0.1) is 10.4 Å². The van der Waals surface area contributed by atoms with Gasteiger partial charge in [-0.15, -0.1) is 0 Å². The van der Waals surface area contributed by atoms with Crippen LogP contribution in [0.3, 0.4) is 0 Å². The highest BCUT2D eigenvalue weighted by molar-refractivity contribution is 6.30. The molecule has 0 aliphatic heterocycles. The Kier molecular flexibility index (Phi) is 3.38. The average molecular weight is 319 g/mol. The van der Waals surface area contributed by atoms with Crippen molar-refractivity contribution in [1.82, 2.24) is 9.55 Å². The SMILES string of the molecule is O=C(O)c1cn(-c2ccc(F)c(Cl)c2)c2ncccc2c1=O. The first-order valence-electron chi connectivity index (χ1n) is 6.18. The van der Waals surface area contributed by atoms with E-state index in [-0.39, 0.29) is 16.1 Å². The molecule has 22 heavy (non-hydrogen) atoms. The molecule has 3 aromatic rings. The molecule has 0 saturated heterocycles. The molecule has 0 aliphatic carbocycles. The van der Waals surface area contributed by atoms with Gasteiger partial charge in [-0.25, -0.2) is 14.2 Å². The minimum absolute atomic E-state index is 0.114. The van der Waals surface area contributed by atoms with E-state index in [4.69, 9.17) is 11.6 Å². The molecule has 7 heteroatoms. The standard InChI is InChI=1S/C15H8ClFN2O3/c16-11-6-8(3-4-12(11)17)19-7-10(15(21)22)13(20)9-2-1-5-18-14(9)19/h1-7H,(H,21,22). The number of carbonyl (C=O) groups is 1. The van der Waals surface area contributed by atoms with Crippen molar-refractivity contribution in [2.45, 2.75) is 0 Å². The molecule has 110 valence electrons. The number of rotatable bonds is 2. The Morgan fingerprint density at radius 2 is 2.09 bits per heavy atom. The Hall–Kier alpha value is -2.73. The van der Waals surface area contributed by atoms with Gasteiger partial charge in [0.1, 0.15) is 17.0 Å². The molecule has 0 atom stereocenters. The van der Waals surface area contributed by atoms with Crippen molar-refractivity contribution in [2.75, 3.05) is 0 Å². The van der Waals surface area contributed by atoms with Crippen LogP contribution < -0.4 is 5.43 Å². The fourth-order valence-corrected chi connectivity index (χ4v) is 2.32. The van der Waals surface area contributed by atoms with Gasteiger partial charge in [-0.1, -0.05) is 11.6 Å². The molecule has 0 unspecified atom stereocenters. The molecule has 0 radical (unpaired) electrons. The quantitative estimate of drug-likeness (QED) is 0.788. The topological polar surface area (TPSA) is 72.2 Å². The number of benzene rings is 1. The van der Waals surface area contributed by atoms with Crippen LogP contribution in [0.1, 0.15) is 10.4 Å². The van der Waals surface area contributed by atoms with Gasteiger partial charge in [0.15, 0.2) is 0 Å². The van der Waals surface area contributed by atoms with E-state index >= 15 is 0 Å². The summed E-state index contributed by atoms with van der Waals surface area (Å²) in [5, 5.41) is 9.22. The number of carboxylic acid groups (broad SMARTS) is 1. The predicted molar refractivity (Wildman–Crippen MR) is 79.3 cm³/mol. The van der Waals surface area contributed by atoms with E-state index in [1.807, 2.05) is 0 Å². The van der Waals surface area contributed by atoms with Gasteiger partial charge in [0.2, 0.25) is 5.43 Å². The Morgan fingerprint density at radius 1 is 1.32 bits per heavy atom. The van der Waals surface area contributed by atoms with E-state index in [1.165, 1.54) is 35.0 Å². The molecule has 2 heterocycles. The molecule has 1 N–H and O–H groups in total. The lowest BCUT2D eigenvalue weighted by Gasteiger charge is -2.11. The van der Waals surface area contributed by atoms with Crippen LogP contribution in [0.15, 0.2) is 47.5 Å². The lowest BCUT2D eigenvalue weighted by atomic mass is 10.2. The number of hydrogen-bond acceptors (Lipinski definition) is 3. The van der Waals surface area contributed by atoms with Crippen LogP contribution in [0.4, 0.5) is 4.39 Å². The molecule has 0 spiro atoms. The zero-order chi connectivity index (χ0) is 15.9. The van der Waals surface area contributed by atoms with Gasteiger partial charge in [-0.2, -0.15) is 0 Å². The molecule has 0 saturated carbocycles. The molecule has 0 bridgehead atoms. The highest BCUT2D eigenvalue weighted by Gasteiger charge is 2.16. The average Bonchev–Trinajstić information content (AvgIpc) is 2.50. The number of fused-ring (bicyclic) bond motifs is 1. The first-order chi connectivity index (χ1) is 10.5. The van der Waals surface area contributed by atoms with E-state index in [9.17, 15) is 19.1 Å². The van der Waals surface area contributed by atoms with Crippen molar-refractivity contribution in [2.24, 2.45) is 0 Å². The second-order valence-electron chi connectivity index (χ2n) is 4.52. The monoisotopic (exact) mass is 318 g/mol. The molecule has 5 nitrogen and oxygen atoms in total. The Bertz CT molecular complexity index is 969. The van der Waals surface area contributed by atoms with E-state index in [0.29, 0.717) is 5.69 Å². The zero-order valence-electron chi connectivity index (χ0n) is 11.0. The summed E-state index contributed by atoms with van der Waals surface area (Å²) in [6.07, 6.45) is 2.63. The molecule has 0 amide bonds. The fourth-order valence-electron chi connectivity index (χ4n) is 2.14. The number of aromatic nitrogens is 2. The van der Waals surface area contributed by atoms with Gasteiger partial charge in [0, 0.05) is 18.1 Å². The first-order valence-corrected chi connectivity index (χ1v) is 6.56. The van der Waals surface area contributed by atoms with Crippen molar-refractivity contribution >= 4 is 28.6 Å². The molecule has 2 aromatic heterocycles. The predicted octanol–water partition coefficient (Wildman–Crippen LogP) is 2.88. The van der Waals surface area contributed by atoms with Gasteiger partial charge in [-0.3, -0.25) is 4.79 Å². The third-order valence-electron chi connectivity index (χ3n) is 3.17. The summed E-state index contributed by atoms with van der Waals surface area (Å²) in [6.45, 7) is 0. The fraction of sp³-hybridized carbons (Fsp3) is 0. The van der Waals surface area contributed by atoms with Gasteiger partial charge >= 0.3 is 5.97 Å². The molecular formula is C15H8ClFN2O3. The van der Waals surface area contributed by atoms with Crippen molar-refractivity contribution in [3.8, 4) is 5.69 Å². The Labute approximate surface area is 128 Å². The molecule has 3 rings (SSSR count). The minimum atomic E-state index is -1.35. The number of aromatic carboxylic acids is 1. The van der Waals surface area contributed by atoms with Crippen LogP contribution >= 0.6 is 11.6 Å². The maximum Gasteiger partial charge on any atom is 0.341 e. The maximum atomic E-state index is 13.3. The largest absolute Gasteiger partial charge is 0.477 e. The number of carboxylic acids is 1. The third-order valence-corrected chi connectivity index (χ3v) is 3.46. The second-order valence-corrected chi connectivity index (χ2v) is 4.93. The van der Waals surface area contributed by atoms with Crippen LogP contribution in [-0.4, -0.2) is 20.6 Å². The first kappa shape index (κ1) is 14.2. The van der Waals surface area contributed by atoms with Crippen LogP contribution in [0.5, 0.6) is 0 Å². The lowest BCUT2D eigenvalue weighted by Crippen LogP contribution is -2.18. The molecule has 0 aliphatic rings. The Morgan fingerprint density at radius 3 is 2.77 bits per heavy atom. The van der Waals surface area contributed by atoms with Crippen LogP contribution in [0.2, 0.25) is 5.02 Å². The normalized spacial score (nSPS) is 10.8. The van der Waals surface area contributed by atoms with Crippen molar-refractivity contribution in [3.05, 3.63) is 69.4 Å². The number of nitrogens with zero attached hydrogens (tertiary/aromatic N) is 2. The van der Waals surface area contributed by atoms with Gasteiger partial charge in [0.25, 0.3) is 0 Å². The summed E-state index contributed by atoms with van der Waals surface area (Å²) in [4.78, 5) is 27.5. The highest BCUT2D eigenvalue weighted by Crippen LogP contribution is 2.21. The van der Waals surface area contributed by atoms with Crippen LogP contribution in [0, 0.1) is 5.82 Å². The lowest BCUT2D eigenvalue weighted by molar-refractivity contribution is 0.0695. The summed E-state index contributed by atoms with van der Waals surface area (Å²) in [5.74, 6) is -1.94. The molecule has 1 aromatic carbocycles. The van der Waals surface area contributed by atoms with Crippen molar-refractivity contribution < 1.29 is 14.3 Å². The highest BCUT2D eigenvalue weighted by atomic mass is 35.5. The molecule has 0 fully saturated rings. The number of halogens is 2. The summed E-state index contributed by atoms with van der Waals surface area (Å²) in [5.41, 5.74) is -0.362. The Balaban J connectivity index is 2.42. The van der Waals surface area contributed by atoms with Gasteiger partial charge < -0.3 is 9.67 Å². The zero-order valence-corrected chi connectivity index (χ0v) is 11.7. The molecular weight excluding hydrogens is 311 g/mol.